The minimum absolute atomic E-state index is 0. The molecule has 0 saturated carbocycles. The third-order valence-corrected chi connectivity index (χ3v) is 2.93. The summed E-state index contributed by atoms with van der Waals surface area (Å²) < 4.78 is 10.1. The second kappa shape index (κ2) is 11.7. The van der Waals surface area contributed by atoms with Crippen LogP contribution in [0.25, 0.3) is 0 Å². The number of rotatable bonds is 8. The zero-order valence-electron chi connectivity index (χ0n) is 11.1. The Balaban J connectivity index is 0.00000289. The molecule has 1 saturated heterocycles. The number of piperidine rings is 1. The van der Waals surface area contributed by atoms with E-state index in [-0.39, 0.29) is 18.3 Å². The van der Waals surface area contributed by atoms with Crippen LogP contribution >= 0.6 is 12.4 Å². The van der Waals surface area contributed by atoms with Gasteiger partial charge in [0.25, 0.3) is 0 Å². The molecule has 0 bridgehead atoms. The van der Waals surface area contributed by atoms with E-state index in [4.69, 9.17) is 9.47 Å². The Hall–Kier alpha value is -0.360. The van der Waals surface area contributed by atoms with Crippen molar-refractivity contribution in [2.45, 2.75) is 19.3 Å². The number of halogens is 1. The van der Waals surface area contributed by atoms with Crippen LogP contribution in [0.3, 0.4) is 0 Å². The van der Waals surface area contributed by atoms with Gasteiger partial charge in [0.15, 0.2) is 0 Å². The molecule has 0 aromatic carbocycles. The van der Waals surface area contributed by atoms with Crippen molar-refractivity contribution in [3.05, 3.63) is 0 Å². The number of carbonyl (C=O) groups is 1. The first kappa shape index (κ1) is 17.6. The largest absolute Gasteiger partial charge is 0.382 e. The van der Waals surface area contributed by atoms with Gasteiger partial charge in [-0.25, -0.2) is 0 Å². The van der Waals surface area contributed by atoms with E-state index in [2.05, 4.69) is 10.6 Å². The van der Waals surface area contributed by atoms with Gasteiger partial charge in [-0.15, -0.1) is 12.4 Å². The maximum Gasteiger partial charge on any atom is 0.220 e. The highest BCUT2D eigenvalue weighted by Crippen LogP contribution is 2.15. The topological polar surface area (TPSA) is 59.6 Å². The van der Waals surface area contributed by atoms with E-state index in [1.54, 1.807) is 7.11 Å². The van der Waals surface area contributed by atoms with Crippen molar-refractivity contribution in [3.63, 3.8) is 0 Å². The van der Waals surface area contributed by atoms with E-state index >= 15 is 0 Å². The van der Waals surface area contributed by atoms with Gasteiger partial charge in [0.2, 0.25) is 5.91 Å². The summed E-state index contributed by atoms with van der Waals surface area (Å²) in [6.45, 7) is 4.41. The molecule has 1 aliphatic heterocycles. The van der Waals surface area contributed by atoms with E-state index in [1.807, 2.05) is 0 Å². The minimum Gasteiger partial charge on any atom is -0.382 e. The number of hydrogen-bond donors (Lipinski definition) is 2. The van der Waals surface area contributed by atoms with Gasteiger partial charge in [-0.05, 0) is 31.8 Å². The molecule has 1 fully saturated rings. The van der Waals surface area contributed by atoms with Crippen LogP contribution in [0.5, 0.6) is 0 Å². The second-order valence-electron chi connectivity index (χ2n) is 4.35. The Morgan fingerprint density at radius 1 is 1.28 bits per heavy atom. The third kappa shape index (κ3) is 8.69. The average Bonchev–Trinajstić information content (AvgIpc) is 2.35. The lowest BCUT2D eigenvalue weighted by molar-refractivity contribution is -0.122. The van der Waals surface area contributed by atoms with Gasteiger partial charge >= 0.3 is 0 Å². The van der Waals surface area contributed by atoms with Crippen molar-refractivity contribution >= 4 is 18.3 Å². The number of hydrogen-bond acceptors (Lipinski definition) is 4. The maximum atomic E-state index is 11.6. The number of ether oxygens (including phenoxy) is 2. The fourth-order valence-corrected chi connectivity index (χ4v) is 1.93. The van der Waals surface area contributed by atoms with Crippen molar-refractivity contribution in [2.24, 2.45) is 5.92 Å². The van der Waals surface area contributed by atoms with Gasteiger partial charge in [-0.3, -0.25) is 4.79 Å². The Morgan fingerprint density at radius 2 is 2.00 bits per heavy atom. The van der Waals surface area contributed by atoms with Crippen LogP contribution in [0.15, 0.2) is 0 Å². The number of carbonyl (C=O) groups excluding carboxylic acids is 1. The lowest BCUT2D eigenvalue weighted by atomic mass is 9.94. The maximum absolute atomic E-state index is 11.6. The summed E-state index contributed by atoms with van der Waals surface area (Å²) in [5, 5.41) is 6.18. The first-order chi connectivity index (χ1) is 8.33. The summed E-state index contributed by atoms with van der Waals surface area (Å²) in [7, 11) is 1.64. The number of methoxy groups -OCH3 is 1. The first-order valence-corrected chi connectivity index (χ1v) is 6.37. The molecule has 0 radical (unpaired) electrons. The van der Waals surface area contributed by atoms with Crippen LogP contribution in [0.4, 0.5) is 0 Å². The predicted octanol–water partition coefficient (Wildman–Crippen LogP) is 0.577. The van der Waals surface area contributed by atoms with Crippen LogP contribution in [0, 0.1) is 5.92 Å². The van der Waals surface area contributed by atoms with Gasteiger partial charge in [0, 0.05) is 20.1 Å². The summed E-state index contributed by atoms with van der Waals surface area (Å²) in [5.41, 5.74) is 0. The quantitative estimate of drug-likeness (QED) is 0.639. The van der Waals surface area contributed by atoms with Gasteiger partial charge in [0.05, 0.1) is 19.8 Å². The summed E-state index contributed by atoms with van der Waals surface area (Å²) in [6, 6.07) is 0. The molecule has 0 aromatic rings. The average molecular weight is 281 g/mol. The van der Waals surface area contributed by atoms with Crippen molar-refractivity contribution < 1.29 is 14.3 Å². The molecular weight excluding hydrogens is 256 g/mol. The molecule has 6 heteroatoms. The van der Waals surface area contributed by atoms with Gasteiger partial charge in [-0.2, -0.15) is 0 Å². The number of nitrogens with one attached hydrogen (secondary N) is 2. The first-order valence-electron chi connectivity index (χ1n) is 6.37. The van der Waals surface area contributed by atoms with Crippen molar-refractivity contribution in [3.8, 4) is 0 Å². The molecular formula is C12H25ClN2O3. The van der Waals surface area contributed by atoms with E-state index in [9.17, 15) is 4.79 Å². The fraction of sp³-hybridized carbons (Fsp3) is 0.917. The fourth-order valence-electron chi connectivity index (χ4n) is 1.93. The molecule has 1 heterocycles. The van der Waals surface area contributed by atoms with E-state index in [0.29, 0.717) is 38.7 Å². The van der Waals surface area contributed by atoms with Gasteiger partial charge in [-0.1, -0.05) is 0 Å². The number of amides is 1. The van der Waals surface area contributed by atoms with Gasteiger partial charge < -0.3 is 20.1 Å². The Morgan fingerprint density at radius 3 is 2.67 bits per heavy atom. The SMILES string of the molecule is COCCOCCNC(=O)CC1CCNCC1.Cl. The zero-order valence-corrected chi connectivity index (χ0v) is 11.9. The molecule has 0 unspecified atom stereocenters. The summed E-state index contributed by atoms with van der Waals surface area (Å²) in [4.78, 5) is 11.6. The van der Waals surface area contributed by atoms with Crippen molar-refractivity contribution in [2.75, 3.05) is 46.6 Å². The Bertz CT molecular complexity index is 211. The van der Waals surface area contributed by atoms with E-state index in [1.165, 1.54) is 0 Å². The molecule has 1 rings (SSSR count). The molecule has 0 aromatic heterocycles. The highest BCUT2D eigenvalue weighted by atomic mass is 35.5. The van der Waals surface area contributed by atoms with Crippen LogP contribution in [-0.4, -0.2) is 52.5 Å². The summed E-state index contributed by atoms with van der Waals surface area (Å²) in [6.07, 6.45) is 2.87. The Kier molecular flexibility index (Phi) is 11.5. The highest BCUT2D eigenvalue weighted by Gasteiger charge is 2.16. The monoisotopic (exact) mass is 280 g/mol. The molecule has 108 valence electrons. The molecule has 0 spiro atoms. The van der Waals surface area contributed by atoms with Crippen LogP contribution < -0.4 is 10.6 Å². The summed E-state index contributed by atoms with van der Waals surface area (Å²) in [5.74, 6) is 0.693. The molecule has 1 amide bonds. The minimum atomic E-state index is 0. The summed E-state index contributed by atoms with van der Waals surface area (Å²) >= 11 is 0. The molecule has 0 aliphatic carbocycles. The molecule has 18 heavy (non-hydrogen) atoms. The third-order valence-electron chi connectivity index (χ3n) is 2.93. The lowest BCUT2D eigenvalue weighted by Crippen LogP contribution is -2.33. The highest BCUT2D eigenvalue weighted by molar-refractivity contribution is 5.85. The van der Waals surface area contributed by atoms with Crippen molar-refractivity contribution in [1.82, 2.24) is 10.6 Å². The second-order valence-corrected chi connectivity index (χ2v) is 4.35. The van der Waals surface area contributed by atoms with Crippen LogP contribution in [-0.2, 0) is 14.3 Å². The lowest BCUT2D eigenvalue weighted by Gasteiger charge is -2.21. The van der Waals surface area contributed by atoms with E-state index in [0.717, 1.165) is 25.9 Å². The zero-order chi connectivity index (χ0) is 12.3. The molecule has 5 nitrogen and oxygen atoms in total. The molecule has 2 N–H and O–H groups in total. The van der Waals surface area contributed by atoms with E-state index < -0.39 is 0 Å². The van der Waals surface area contributed by atoms with Gasteiger partial charge in [0.1, 0.15) is 0 Å². The van der Waals surface area contributed by atoms with Crippen LogP contribution in [0.1, 0.15) is 19.3 Å². The predicted molar refractivity (Wildman–Crippen MR) is 73.2 cm³/mol. The standard InChI is InChI=1S/C12H24N2O3.ClH/c1-16-8-9-17-7-6-14-12(15)10-11-2-4-13-5-3-11;/h11,13H,2-10H2,1H3,(H,14,15);1H. The molecule has 0 atom stereocenters. The Labute approximate surface area is 115 Å². The molecule has 1 aliphatic rings. The smallest absolute Gasteiger partial charge is 0.220 e. The van der Waals surface area contributed by atoms with Crippen LogP contribution in [0.2, 0.25) is 0 Å². The van der Waals surface area contributed by atoms with Crippen molar-refractivity contribution in [1.29, 1.82) is 0 Å². The normalized spacial score (nSPS) is 16.1.